The number of aryl methyl sites for hydroxylation is 1. The molecule has 0 bridgehead atoms. The van der Waals surface area contributed by atoms with Crippen LogP contribution in [0.4, 0.5) is 5.82 Å². The molecule has 5 nitrogen and oxygen atoms in total. The molecule has 2 heterocycles. The number of carbonyl (C=O) groups excluding carboxylic acids is 1. The summed E-state index contributed by atoms with van der Waals surface area (Å²) in [5.74, 6) is 1.24. The van der Waals surface area contributed by atoms with Gasteiger partial charge in [-0.25, -0.2) is 4.68 Å². The van der Waals surface area contributed by atoms with Crippen molar-refractivity contribution in [3.05, 3.63) is 89.1 Å². The van der Waals surface area contributed by atoms with Crippen LogP contribution < -0.4 is 5.32 Å². The summed E-state index contributed by atoms with van der Waals surface area (Å²) in [6.45, 7) is 2.01. The van der Waals surface area contributed by atoms with Crippen molar-refractivity contribution in [1.82, 2.24) is 9.78 Å². The van der Waals surface area contributed by atoms with Crippen molar-refractivity contribution in [2.75, 3.05) is 5.32 Å². The highest BCUT2D eigenvalue weighted by molar-refractivity contribution is 7.83. The number of carbonyl (C=O) groups is 1. The number of amides is 1. The fourth-order valence-electron chi connectivity index (χ4n) is 3.83. The van der Waals surface area contributed by atoms with Gasteiger partial charge in [-0.05, 0) is 35.4 Å². The van der Waals surface area contributed by atoms with Gasteiger partial charge < -0.3 is 5.32 Å². The maximum Gasteiger partial charge on any atom is 0.257 e. The number of hydrogen-bond acceptors (Lipinski definition) is 3. The number of anilines is 1. The molecule has 1 aromatic heterocycles. The molecule has 0 fully saturated rings. The van der Waals surface area contributed by atoms with Crippen LogP contribution in [0.1, 0.15) is 27.2 Å². The molecule has 5 rings (SSSR count). The minimum Gasteiger partial charge on any atom is -0.306 e. The van der Waals surface area contributed by atoms with Crippen molar-refractivity contribution in [3.63, 3.8) is 0 Å². The van der Waals surface area contributed by atoms with Gasteiger partial charge in [-0.15, -0.1) is 0 Å². The number of nitrogens with one attached hydrogen (secondary N) is 1. The molecule has 1 N–H and O–H groups in total. The molecule has 0 radical (unpaired) electrons. The van der Waals surface area contributed by atoms with Crippen molar-refractivity contribution < 1.29 is 9.00 Å². The molecular formula is C23H19N3O2S. The summed E-state index contributed by atoms with van der Waals surface area (Å²) in [7, 11) is -0.977. The van der Waals surface area contributed by atoms with Crippen LogP contribution in [0.2, 0.25) is 0 Å². The van der Waals surface area contributed by atoms with E-state index in [0.717, 1.165) is 33.3 Å². The molecule has 1 aliphatic heterocycles. The van der Waals surface area contributed by atoms with E-state index in [1.165, 1.54) is 0 Å². The number of fused-ring (bicyclic) bond motifs is 2. The van der Waals surface area contributed by atoms with E-state index in [9.17, 15) is 9.00 Å². The number of nitrogens with zero attached hydrogens (tertiary/aromatic N) is 2. The monoisotopic (exact) mass is 401 g/mol. The largest absolute Gasteiger partial charge is 0.306 e. The van der Waals surface area contributed by atoms with E-state index in [0.29, 0.717) is 22.9 Å². The molecule has 0 saturated heterocycles. The maximum absolute atomic E-state index is 13.2. The quantitative estimate of drug-likeness (QED) is 0.555. The van der Waals surface area contributed by atoms with Crippen LogP contribution in [-0.2, 0) is 22.3 Å². The van der Waals surface area contributed by atoms with E-state index < -0.39 is 10.8 Å². The fraction of sp³-hybridized carbons (Fsp3) is 0.130. The SMILES string of the molecule is Cc1ccccc1-n1nc2c(c1NC(=O)c1cccc3ccccc13)C[S@@](=O)C2. The highest BCUT2D eigenvalue weighted by Crippen LogP contribution is 2.32. The van der Waals surface area contributed by atoms with Crippen LogP contribution in [0, 0.1) is 6.92 Å². The predicted molar refractivity (Wildman–Crippen MR) is 116 cm³/mol. The molecule has 0 unspecified atom stereocenters. The molecular weight excluding hydrogens is 382 g/mol. The van der Waals surface area contributed by atoms with E-state index in [2.05, 4.69) is 5.32 Å². The van der Waals surface area contributed by atoms with Crippen molar-refractivity contribution in [2.24, 2.45) is 0 Å². The highest BCUT2D eigenvalue weighted by Gasteiger charge is 2.29. The summed E-state index contributed by atoms with van der Waals surface area (Å²) >= 11 is 0. The summed E-state index contributed by atoms with van der Waals surface area (Å²) in [4.78, 5) is 13.2. The second-order valence-electron chi connectivity index (χ2n) is 7.18. The molecule has 4 aromatic rings. The van der Waals surface area contributed by atoms with Gasteiger partial charge in [0, 0.05) is 21.9 Å². The third-order valence-corrected chi connectivity index (χ3v) is 6.49. The lowest BCUT2D eigenvalue weighted by atomic mass is 10.0. The van der Waals surface area contributed by atoms with E-state index in [1.807, 2.05) is 73.7 Å². The van der Waals surface area contributed by atoms with Gasteiger partial charge in [-0.2, -0.15) is 5.10 Å². The van der Waals surface area contributed by atoms with E-state index >= 15 is 0 Å². The first-order valence-electron chi connectivity index (χ1n) is 9.42. The Bertz CT molecular complexity index is 1290. The topological polar surface area (TPSA) is 64.0 Å². The van der Waals surface area contributed by atoms with Crippen LogP contribution in [0.25, 0.3) is 16.5 Å². The zero-order valence-corrected chi connectivity index (χ0v) is 16.7. The van der Waals surface area contributed by atoms with Crippen molar-refractivity contribution in [3.8, 4) is 5.69 Å². The average Bonchev–Trinajstić information content (AvgIpc) is 3.24. The van der Waals surface area contributed by atoms with Crippen LogP contribution in [0.5, 0.6) is 0 Å². The van der Waals surface area contributed by atoms with Gasteiger partial charge in [-0.1, -0.05) is 54.6 Å². The number of hydrogen-bond donors (Lipinski definition) is 1. The highest BCUT2D eigenvalue weighted by atomic mass is 32.2. The zero-order chi connectivity index (χ0) is 20.0. The first-order valence-corrected chi connectivity index (χ1v) is 10.9. The Morgan fingerprint density at radius 1 is 1.00 bits per heavy atom. The van der Waals surface area contributed by atoms with E-state index in [1.54, 1.807) is 4.68 Å². The molecule has 3 aromatic carbocycles. The molecule has 0 aliphatic carbocycles. The molecule has 0 spiro atoms. The molecule has 0 saturated carbocycles. The third kappa shape index (κ3) is 3.06. The maximum atomic E-state index is 13.2. The normalized spacial score (nSPS) is 15.4. The molecule has 1 atom stereocenters. The smallest absolute Gasteiger partial charge is 0.257 e. The standard InChI is InChI=1S/C23H19N3O2S/c1-15-7-2-5-12-21(15)26-22(19-13-29(28)14-20(19)25-26)24-23(27)18-11-6-9-16-8-3-4-10-17(16)18/h2-12H,13-14H2,1H3,(H,24,27)/t29-/m1/s1. The Labute approximate surface area is 170 Å². The lowest BCUT2D eigenvalue weighted by molar-refractivity contribution is 0.102. The van der Waals surface area contributed by atoms with Crippen molar-refractivity contribution >= 4 is 33.3 Å². The Hall–Kier alpha value is -3.25. The summed E-state index contributed by atoms with van der Waals surface area (Å²) in [6, 6.07) is 21.4. The molecule has 29 heavy (non-hydrogen) atoms. The van der Waals surface area contributed by atoms with Gasteiger partial charge >= 0.3 is 0 Å². The third-order valence-electron chi connectivity index (χ3n) is 5.28. The molecule has 144 valence electrons. The van der Waals surface area contributed by atoms with Crippen molar-refractivity contribution in [1.29, 1.82) is 0 Å². The van der Waals surface area contributed by atoms with E-state index in [4.69, 9.17) is 5.10 Å². The summed E-state index contributed by atoms with van der Waals surface area (Å²) in [5, 5.41) is 9.67. The van der Waals surface area contributed by atoms with Crippen LogP contribution >= 0.6 is 0 Å². The zero-order valence-electron chi connectivity index (χ0n) is 15.9. The first kappa shape index (κ1) is 17.8. The fourth-order valence-corrected chi connectivity index (χ4v) is 5.09. The van der Waals surface area contributed by atoms with Gasteiger partial charge in [0.25, 0.3) is 5.91 Å². The molecule has 6 heteroatoms. The number of para-hydroxylation sites is 1. The second kappa shape index (κ2) is 6.97. The van der Waals surface area contributed by atoms with Crippen molar-refractivity contribution in [2.45, 2.75) is 18.4 Å². The van der Waals surface area contributed by atoms with Gasteiger partial charge in [0.1, 0.15) is 5.82 Å². The summed E-state index contributed by atoms with van der Waals surface area (Å²) in [5.41, 5.74) is 4.21. The number of aromatic nitrogens is 2. The van der Waals surface area contributed by atoms with Gasteiger partial charge in [0.15, 0.2) is 0 Å². The Morgan fingerprint density at radius 3 is 2.62 bits per heavy atom. The van der Waals surface area contributed by atoms with E-state index in [-0.39, 0.29) is 5.91 Å². The van der Waals surface area contributed by atoms with Crippen LogP contribution in [-0.4, -0.2) is 19.9 Å². The van der Waals surface area contributed by atoms with Gasteiger partial charge in [-0.3, -0.25) is 9.00 Å². The van der Waals surface area contributed by atoms with Gasteiger partial charge in [0.2, 0.25) is 0 Å². The minimum absolute atomic E-state index is 0.197. The Morgan fingerprint density at radius 2 is 1.76 bits per heavy atom. The predicted octanol–water partition coefficient (Wildman–Crippen LogP) is 4.35. The second-order valence-corrected chi connectivity index (χ2v) is 8.64. The Kier molecular flexibility index (Phi) is 4.28. The lowest BCUT2D eigenvalue weighted by Gasteiger charge is -2.13. The summed E-state index contributed by atoms with van der Waals surface area (Å²) in [6.07, 6.45) is 0. The van der Waals surface area contributed by atoms with Crippen LogP contribution in [0.3, 0.4) is 0 Å². The minimum atomic E-state index is -0.977. The summed E-state index contributed by atoms with van der Waals surface area (Å²) < 4.78 is 13.9. The van der Waals surface area contributed by atoms with Crippen LogP contribution in [0.15, 0.2) is 66.7 Å². The first-order chi connectivity index (χ1) is 14.1. The number of rotatable bonds is 3. The molecule has 1 aliphatic rings. The Balaban J connectivity index is 1.62. The number of benzene rings is 3. The lowest BCUT2D eigenvalue weighted by Crippen LogP contribution is -2.17. The molecule has 1 amide bonds. The average molecular weight is 401 g/mol. The van der Waals surface area contributed by atoms with Gasteiger partial charge in [0.05, 0.1) is 22.9 Å².